The summed E-state index contributed by atoms with van der Waals surface area (Å²) in [6.07, 6.45) is 18.7. The van der Waals surface area contributed by atoms with Crippen LogP contribution in [0.1, 0.15) is 34.9 Å². The zero-order valence-corrected chi connectivity index (χ0v) is 71.9. The Kier molecular flexibility index (Phi) is 18.8. The molecule has 11 aromatic heterocycles. The van der Waals surface area contributed by atoms with E-state index in [2.05, 4.69) is 386 Å². The molecule has 124 heavy (non-hydrogen) atoms. The summed E-state index contributed by atoms with van der Waals surface area (Å²) in [6.45, 7) is 12.8. The minimum atomic E-state index is 0.272. The van der Waals surface area contributed by atoms with E-state index in [0.29, 0.717) is 0 Å². The molecular weight excluding hydrogens is 1550 g/mol. The molecule has 0 saturated heterocycles. The fourth-order valence-electron chi connectivity index (χ4n) is 18.5. The molecule has 0 radical (unpaired) electrons. The second-order valence-electron chi connectivity index (χ2n) is 32.7. The average Bonchev–Trinajstić information content (AvgIpc) is 1.60. The Bertz CT molecular complexity index is 8260. The molecule has 25 rings (SSSR count). The van der Waals surface area contributed by atoms with E-state index in [0.717, 1.165) is 145 Å². The number of hydrogen-bond acceptors (Lipinski definition) is 10. The molecule has 24 aromatic rings. The van der Waals surface area contributed by atoms with E-state index in [-0.39, 0.29) is 6.17 Å². The molecule has 0 saturated carbocycles. The second kappa shape index (κ2) is 30.6. The smallest absolute Gasteiger partial charge is 0.292 e. The molecule has 0 bridgehead atoms. The first-order valence-corrected chi connectivity index (χ1v) is 42.8. The highest BCUT2D eigenvalue weighted by Crippen LogP contribution is 2.47. The quantitative estimate of drug-likeness (QED) is 0.155. The van der Waals surface area contributed by atoms with Crippen LogP contribution in [0.2, 0.25) is 0 Å². The van der Waals surface area contributed by atoms with Crippen LogP contribution in [0.5, 0.6) is 0 Å². The van der Waals surface area contributed by atoms with Crippen molar-refractivity contribution in [3.63, 3.8) is 0 Å². The van der Waals surface area contributed by atoms with Crippen molar-refractivity contribution in [2.45, 2.75) is 47.7 Å². The van der Waals surface area contributed by atoms with Gasteiger partial charge in [-0.05, 0) is 133 Å². The van der Waals surface area contributed by atoms with Crippen LogP contribution in [0.25, 0.3) is 208 Å². The van der Waals surface area contributed by atoms with Crippen molar-refractivity contribution in [3.8, 4) is 44.5 Å². The predicted octanol–water partition coefficient (Wildman–Crippen LogP) is 26.0. The van der Waals surface area contributed by atoms with Crippen molar-refractivity contribution in [1.82, 2.24) is 19.4 Å². The third-order valence-electron chi connectivity index (χ3n) is 25.1. The number of thiazole rings is 1. The first-order chi connectivity index (χ1) is 60.5. The molecule has 0 N–H and O–H groups in total. The highest BCUT2D eigenvalue weighted by atomic mass is 32.1. The van der Waals surface area contributed by atoms with E-state index in [1.54, 1.807) is 11.3 Å². The Morgan fingerprint density at radius 2 is 0.718 bits per heavy atom. The minimum Gasteiger partial charge on any atom is -0.454 e. The maximum atomic E-state index is 6.48. The topological polar surface area (TPSA) is 118 Å². The Hall–Kier alpha value is -15.1. The normalized spacial score (nSPS) is 12.9. The predicted molar refractivity (Wildman–Crippen MR) is 508 cm³/mol. The van der Waals surface area contributed by atoms with Crippen LogP contribution < -0.4 is 23.2 Å². The van der Waals surface area contributed by atoms with E-state index in [9.17, 15) is 0 Å². The number of nitrogens with zero attached hydrogens (tertiary/aromatic N) is 9. The number of aromatic nitrogens is 7. The van der Waals surface area contributed by atoms with Crippen molar-refractivity contribution in [2.75, 3.05) is 11.9 Å². The van der Waals surface area contributed by atoms with Crippen molar-refractivity contribution < 1.29 is 40.4 Å². The minimum absolute atomic E-state index is 0.272. The largest absolute Gasteiger partial charge is 0.454 e. The summed E-state index contributed by atoms with van der Waals surface area (Å²) in [7, 11) is 12.4. The fraction of sp³-hybridized carbons (Fsp3) is 0.119. The summed E-state index contributed by atoms with van der Waals surface area (Å²) in [4.78, 5) is 13.8. The van der Waals surface area contributed by atoms with E-state index in [1.807, 2.05) is 56.8 Å². The molecule has 1 atom stereocenters. The third-order valence-corrected chi connectivity index (χ3v) is 26.1. The Morgan fingerprint density at radius 1 is 0.315 bits per heavy atom. The van der Waals surface area contributed by atoms with Crippen molar-refractivity contribution in [2.24, 2.45) is 35.2 Å². The van der Waals surface area contributed by atoms with Gasteiger partial charge in [0.1, 0.15) is 89.8 Å². The molecule has 0 amide bonds. The first kappa shape index (κ1) is 76.3. The van der Waals surface area contributed by atoms with Gasteiger partial charge in [0.2, 0.25) is 11.4 Å². The molecule has 12 heterocycles. The lowest BCUT2D eigenvalue weighted by Crippen LogP contribution is -2.33. The number of furan rings is 5. The van der Waals surface area contributed by atoms with Gasteiger partial charge in [0.15, 0.2) is 46.5 Å². The number of imidazole rings is 1. The number of anilines is 1. The zero-order valence-electron chi connectivity index (χ0n) is 71.1. The standard InChI is InChI=1S/C22H19N2O.C22H20N2O.2C22H17N2O.C21H16NOS/c1-14-8-10-18-17-11-9-15-6-4-5-7-16(15)20(17)25-21(18)19(14)22-23(2)12-13-24(22)3;1-14-8-10-19-18-11-9-16-6-4-5-7-17(16)21(18)25-22(19)20(14)24-13-12-23(3)15(24)2;1-14-20(19-9-5-6-12-24(19)2)22-18(13-23-14)17-11-10-15-7-3-4-8-16(15)21(17)25-22;1-14-13-23-20-17-11-10-15-7-3-4-8-16(15)21(17)25-22(20)19(14)18-9-5-6-12-24(18)2;1-13-7-9-17-16-10-8-14-5-3-4-6-15(14)19(16)23-20(17)18(13)21-22(2)11-12-24-21/h4-13H,1-3H3;4-13,15H,1-3H3;2*3-13H,1-2H3;3-12H,1-2H3/q+1;;3*+1/t;15-;;;/m.0.../s1. The molecule has 13 aromatic carbocycles. The maximum Gasteiger partial charge on any atom is 0.292 e. The number of benzene rings is 13. The lowest BCUT2D eigenvalue weighted by molar-refractivity contribution is -0.660. The SMILES string of the molecule is Cc1ccc2c(oc3c4ccccc4ccc23)c1-c1n(C)cc[n+]1C.Cc1ccc2c(oc3c4ccccc4ccc23)c1-c1scc[n+]1C.Cc1ccc2c(oc3c4ccccc4ccc23)c1N1C=CN(C)[C@@H]1C.Cc1cnc2c(oc3c4ccccc4ccc23)c1-c1cccc[n+]1C.Cc1ncc2c(oc3c4ccccc4ccc23)c1-c1cccc[n+]1C. The summed E-state index contributed by atoms with van der Waals surface area (Å²) in [6, 6.07) is 89.0. The average molecular weight is 1640 g/mol. The van der Waals surface area contributed by atoms with Gasteiger partial charge in [-0.1, -0.05) is 199 Å². The van der Waals surface area contributed by atoms with Gasteiger partial charge in [0.25, 0.3) is 10.8 Å². The van der Waals surface area contributed by atoms with Gasteiger partial charge < -0.3 is 31.9 Å². The monoisotopic (exact) mass is 1640 g/mol. The highest BCUT2D eigenvalue weighted by Gasteiger charge is 2.30. The van der Waals surface area contributed by atoms with Crippen molar-refractivity contribution in [3.05, 3.63) is 344 Å². The summed E-state index contributed by atoms with van der Waals surface area (Å²) < 4.78 is 42.9. The van der Waals surface area contributed by atoms with Gasteiger partial charge in [0, 0.05) is 132 Å². The molecule has 0 unspecified atom stereocenters. The Morgan fingerprint density at radius 3 is 1.19 bits per heavy atom. The highest BCUT2D eigenvalue weighted by molar-refractivity contribution is 7.12. The Balaban J connectivity index is 0.0000000950. The fourth-order valence-corrected chi connectivity index (χ4v) is 19.5. The lowest BCUT2D eigenvalue weighted by atomic mass is 10.0. The number of aryl methyl sites for hydroxylation is 10. The number of rotatable bonds is 5. The zero-order chi connectivity index (χ0) is 84.4. The summed E-state index contributed by atoms with van der Waals surface area (Å²) in [5, 5.41) is 25.4. The van der Waals surface area contributed by atoms with E-state index >= 15 is 0 Å². The van der Waals surface area contributed by atoms with Crippen LogP contribution in [0.15, 0.2) is 338 Å². The molecule has 0 spiro atoms. The third kappa shape index (κ3) is 12.7. The summed E-state index contributed by atoms with van der Waals surface area (Å²) >= 11 is 1.75. The Labute approximate surface area is 719 Å². The van der Waals surface area contributed by atoms with Gasteiger partial charge in [-0.2, -0.15) is 4.57 Å². The van der Waals surface area contributed by atoms with Gasteiger partial charge in [0.05, 0.1) is 36.4 Å². The number of hydrogen-bond donors (Lipinski definition) is 0. The van der Waals surface area contributed by atoms with Gasteiger partial charge in [-0.3, -0.25) is 9.97 Å². The van der Waals surface area contributed by atoms with E-state index in [1.165, 1.54) is 97.3 Å². The molecular formula is C109H89N9O5S+4. The van der Waals surface area contributed by atoms with Crippen LogP contribution in [0.4, 0.5) is 5.69 Å². The molecule has 1 aliphatic heterocycles. The van der Waals surface area contributed by atoms with Crippen LogP contribution in [-0.4, -0.2) is 32.6 Å². The van der Waals surface area contributed by atoms with Crippen molar-refractivity contribution in [1.29, 1.82) is 0 Å². The molecule has 14 nitrogen and oxygen atoms in total. The maximum absolute atomic E-state index is 6.48. The van der Waals surface area contributed by atoms with Crippen LogP contribution >= 0.6 is 11.3 Å². The first-order valence-electron chi connectivity index (χ1n) is 41.9. The second-order valence-corrected chi connectivity index (χ2v) is 33.6. The van der Waals surface area contributed by atoms with Gasteiger partial charge in [-0.15, -0.1) is 0 Å². The molecule has 0 fully saturated rings. The molecule has 15 heteroatoms. The van der Waals surface area contributed by atoms with Gasteiger partial charge >= 0.3 is 0 Å². The van der Waals surface area contributed by atoms with Crippen LogP contribution in [0.3, 0.4) is 0 Å². The van der Waals surface area contributed by atoms with E-state index in [4.69, 9.17) is 22.1 Å². The summed E-state index contributed by atoms with van der Waals surface area (Å²) in [5.74, 6) is 1.14. The van der Waals surface area contributed by atoms with Gasteiger partial charge in [-0.25, -0.2) is 18.3 Å². The van der Waals surface area contributed by atoms with Crippen LogP contribution in [0, 0.1) is 34.6 Å². The molecule has 602 valence electrons. The van der Waals surface area contributed by atoms with E-state index < -0.39 is 0 Å². The summed E-state index contributed by atoms with van der Waals surface area (Å²) in [5.41, 5.74) is 24.0. The van der Waals surface area contributed by atoms with Crippen LogP contribution in [-0.2, 0) is 35.2 Å². The number of pyridine rings is 4. The lowest BCUT2D eigenvalue weighted by Gasteiger charge is -2.28. The molecule has 0 aliphatic carbocycles. The molecule has 1 aliphatic rings. The number of fused-ring (bicyclic) bond motifs is 25. The van der Waals surface area contributed by atoms with Crippen molar-refractivity contribution >= 4 is 181 Å².